The van der Waals surface area contributed by atoms with E-state index in [1.807, 2.05) is 6.92 Å². The molecule has 114 valence electrons. The summed E-state index contributed by atoms with van der Waals surface area (Å²) in [6.07, 6.45) is 2.93. The van der Waals surface area contributed by atoms with Crippen LogP contribution in [0.2, 0.25) is 0 Å². The number of piperidine rings is 1. The van der Waals surface area contributed by atoms with Crippen molar-refractivity contribution in [2.45, 2.75) is 32.6 Å². The van der Waals surface area contributed by atoms with Gasteiger partial charge in [-0.25, -0.2) is 4.98 Å². The van der Waals surface area contributed by atoms with E-state index in [1.165, 1.54) is 0 Å². The van der Waals surface area contributed by atoms with Gasteiger partial charge in [-0.3, -0.25) is 9.59 Å². The summed E-state index contributed by atoms with van der Waals surface area (Å²) in [6.45, 7) is 3.49. The number of hydrogen-bond donors (Lipinski definition) is 2. The Bertz CT molecular complexity index is 545. The number of anilines is 1. The Hall–Kier alpha value is -2.11. The zero-order valence-corrected chi connectivity index (χ0v) is 12.2. The normalized spacial score (nSPS) is 18.5. The van der Waals surface area contributed by atoms with Crippen LogP contribution in [0, 0.1) is 12.8 Å². The first-order chi connectivity index (χ1) is 9.95. The van der Waals surface area contributed by atoms with Crippen LogP contribution in [-0.4, -0.2) is 35.1 Å². The van der Waals surface area contributed by atoms with Gasteiger partial charge in [0.1, 0.15) is 5.82 Å². The van der Waals surface area contributed by atoms with E-state index < -0.39 is 11.9 Å². The lowest BCUT2D eigenvalue weighted by atomic mass is 9.93. The smallest absolute Gasteiger partial charge is 0.303 e. The number of rotatable bonds is 5. The van der Waals surface area contributed by atoms with E-state index in [1.54, 1.807) is 12.1 Å². The van der Waals surface area contributed by atoms with Crippen molar-refractivity contribution in [3.63, 3.8) is 0 Å². The molecule has 1 atom stereocenters. The van der Waals surface area contributed by atoms with Crippen molar-refractivity contribution >= 4 is 17.7 Å². The number of amides is 1. The molecule has 1 saturated heterocycles. The molecule has 0 spiro atoms. The molecule has 0 radical (unpaired) electrons. The predicted molar refractivity (Wildman–Crippen MR) is 79.3 cm³/mol. The number of aromatic nitrogens is 1. The van der Waals surface area contributed by atoms with Crippen LogP contribution < -0.4 is 10.6 Å². The molecule has 1 aromatic rings. The molecule has 1 unspecified atom stereocenters. The highest BCUT2D eigenvalue weighted by Crippen LogP contribution is 2.25. The number of primary amides is 1. The summed E-state index contributed by atoms with van der Waals surface area (Å²) >= 11 is 0. The van der Waals surface area contributed by atoms with Crippen LogP contribution in [0.3, 0.4) is 0 Å². The minimum atomic E-state index is -0.753. The van der Waals surface area contributed by atoms with Gasteiger partial charge in [0.05, 0.1) is 0 Å². The lowest BCUT2D eigenvalue weighted by molar-refractivity contribution is -0.137. The van der Waals surface area contributed by atoms with Crippen LogP contribution in [-0.2, 0) is 4.79 Å². The third-order valence-electron chi connectivity index (χ3n) is 3.83. The first kappa shape index (κ1) is 15.3. The molecular weight excluding hydrogens is 270 g/mol. The highest BCUT2D eigenvalue weighted by Gasteiger charge is 2.22. The number of nitrogens with two attached hydrogens (primary N) is 1. The molecule has 3 N–H and O–H groups in total. The van der Waals surface area contributed by atoms with E-state index in [-0.39, 0.29) is 6.42 Å². The van der Waals surface area contributed by atoms with Gasteiger partial charge in [-0.2, -0.15) is 0 Å². The molecule has 0 bridgehead atoms. The molecule has 21 heavy (non-hydrogen) atoms. The maximum atomic E-state index is 11.3. The van der Waals surface area contributed by atoms with E-state index in [9.17, 15) is 9.59 Å². The van der Waals surface area contributed by atoms with Crippen LogP contribution in [0.5, 0.6) is 0 Å². The molecule has 0 aliphatic carbocycles. The topological polar surface area (TPSA) is 96.5 Å². The Morgan fingerprint density at radius 2 is 2.24 bits per heavy atom. The Morgan fingerprint density at radius 1 is 1.48 bits per heavy atom. The van der Waals surface area contributed by atoms with E-state index in [0.717, 1.165) is 37.4 Å². The fraction of sp³-hybridized carbons (Fsp3) is 0.533. The number of nitrogens with zero attached hydrogens (tertiary/aromatic N) is 2. The summed E-state index contributed by atoms with van der Waals surface area (Å²) in [7, 11) is 0. The number of carbonyl (C=O) groups excluding carboxylic acids is 1. The van der Waals surface area contributed by atoms with Crippen LogP contribution in [0.25, 0.3) is 0 Å². The van der Waals surface area contributed by atoms with Crippen LogP contribution in [0.1, 0.15) is 41.7 Å². The zero-order valence-electron chi connectivity index (χ0n) is 12.2. The second-order valence-electron chi connectivity index (χ2n) is 5.61. The summed E-state index contributed by atoms with van der Waals surface area (Å²) in [5, 5.41) is 8.78. The van der Waals surface area contributed by atoms with Crippen molar-refractivity contribution in [2.75, 3.05) is 18.0 Å². The van der Waals surface area contributed by atoms with Crippen molar-refractivity contribution in [2.24, 2.45) is 11.7 Å². The summed E-state index contributed by atoms with van der Waals surface area (Å²) in [5.41, 5.74) is 6.56. The highest BCUT2D eigenvalue weighted by molar-refractivity contribution is 5.93. The van der Waals surface area contributed by atoms with Crippen molar-refractivity contribution in [1.29, 1.82) is 0 Å². The van der Waals surface area contributed by atoms with Crippen molar-refractivity contribution in [3.8, 4) is 0 Å². The first-order valence-corrected chi connectivity index (χ1v) is 7.21. The fourth-order valence-corrected chi connectivity index (χ4v) is 2.79. The molecule has 1 aliphatic heterocycles. The maximum Gasteiger partial charge on any atom is 0.303 e. The first-order valence-electron chi connectivity index (χ1n) is 7.21. The molecule has 1 amide bonds. The Labute approximate surface area is 124 Å². The Kier molecular flexibility index (Phi) is 4.77. The third-order valence-corrected chi connectivity index (χ3v) is 3.83. The van der Waals surface area contributed by atoms with Gasteiger partial charge in [0.15, 0.2) is 0 Å². The molecule has 1 aliphatic rings. The number of carboxylic acids is 1. The molecule has 2 heterocycles. The predicted octanol–water partition coefficient (Wildman–Crippen LogP) is 1.57. The van der Waals surface area contributed by atoms with E-state index >= 15 is 0 Å². The number of carbonyl (C=O) groups is 2. The minimum absolute atomic E-state index is 0.201. The molecule has 1 aromatic heterocycles. The van der Waals surface area contributed by atoms with Crippen LogP contribution >= 0.6 is 0 Å². The third kappa shape index (κ3) is 4.18. The number of hydrogen-bond acceptors (Lipinski definition) is 4. The molecule has 6 heteroatoms. The fourth-order valence-electron chi connectivity index (χ4n) is 2.79. The lowest BCUT2D eigenvalue weighted by Crippen LogP contribution is -2.36. The minimum Gasteiger partial charge on any atom is -0.481 e. The Balaban J connectivity index is 2.10. The molecule has 6 nitrogen and oxygen atoms in total. The summed E-state index contributed by atoms with van der Waals surface area (Å²) in [5.74, 6) is -0.101. The number of pyridine rings is 1. The number of carboxylic acid groups (broad SMARTS) is 1. The van der Waals surface area contributed by atoms with Gasteiger partial charge in [0.2, 0.25) is 5.91 Å². The highest BCUT2D eigenvalue weighted by atomic mass is 16.4. The van der Waals surface area contributed by atoms with E-state index in [0.29, 0.717) is 17.9 Å². The average Bonchev–Trinajstić information content (AvgIpc) is 2.44. The summed E-state index contributed by atoms with van der Waals surface area (Å²) in [4.78, 5) is 28.6. The van der Waals surface area contributed by atoms with E-state index in [4.69, 9.17) is 10.8 Å². The zero-order chi connectivity index (χ0) is 15.4. The average molecular weight is 291 g/mol. The molecule has 1 fully saturated rings. The van der Waals surface area contributed by atoms with E-state index in [2.05, 4.69) is 9.88 Å². The Morgan fingerprint density at radius 3 is 2.90 bits per heavy atom. The molecule has 0 saturated carbocycles. The largest absolute Gasteiger partial charge is 0.481 e. The SMILES string of the molecule is Cc1cc(C(N)=O)cc(N2CCCC(CCC(=O)O)C2)n1. The van der Waals surface area contributed by atoms with Gasteiger partial charge in [-0.15, -0.1) is 0 Å². The number of aliphatic carboxylic acids is 1. The second kappa shape index (κ2) is 6.56. The van der Waals surface area contributed by atoms with Gasteiger partial charge in [-0.1, -0.05) is 0 Å². The van der Waals surface area contributed by atoms with Crippen molar-refractivity contribution in [1.82, 2.24) is 4.98 Å². The van der Waals surface area contributed by atoms with Gasteiger partial charge in [0, 0.05) is 30.8 Å². The van der Waals surface area contributed by atoms with Crippen molar-refractivity contribution in [3.05, 3.63) is 23.4 Å². The summed E-state index contributed by atoms with van der Waals surface area (Å²) in [6, 6.07) is 3.40. The van der Waals surface area contributed by atoms with Gasteiger partial charge >= 0.3 is 5.97 Å². The molecular formula is C15H21N3O3. The lowest BCUT2D eigenvalue weighted by Gasteiger charge is -2.33. The second-order valence-corrected chi connectivity index (χ2v) is 5.61. The molecule has 2 rings (SSSR count). The molecule has 0 aromatic carbocycles. The van der Waals surface area contributed by atoms with Crippen molar-refractivity contribution < 1.29 is 14.7 Å². The quantitative estimate of drug-likeness (QED) is 0.858. The van der Waals surface area contributed by atoms with Crippen LogP contribution in [0.15, 0.2) is 12.1 Å². The van der Waals surface area contributed by atoms with Crippen LogP contribution in [0.4, 0.5) is 5.82 Å². The summed E-state index contributed by atoms with van der Waals surface area (Å²) < 4.78 is 0. The number of aryl methyl sites for hydroxylation is 1. The standard InChI is InChI=1S/C15H21N3O3/c1-10-7-12(15(16)21)8-13(17-10)18-6-2-3-11(9-18)4-5-14(19)20/h7-8,11H,2-6,9H2,1H3,(H2,16,21)(H,19,20). The monoisotopic (exact) mass is 291 g/mol. The van der Waals surface area contributed by atoms with Gasteiger partial charge < -0.3 is 15.7 Å². The van der Waals surface area contributed by atoms with Gasteiger partial charge in [0.25, 0.3) is 0 Å². The maximum absolute atomic E-state index is 11.3. The van der Waals surface area contributed by atoms with Gasteiger partial charge in [-0.05, 0) is 44.2 Å².